The van der Waals surface area contributed by atoms with E-state index >= 15 is 0 Å². The van der Waals surface area contributed by atoms with Gasteiger partial charge in [-0.2, -0.15) is 0 Å². The normalized spacial score (nSPS) is 9.25. The molecule has 2 N–H and O–H groups in total. The lowest BCUT2D eigenvalue weighted by molar-refractivity contribution is -0.135. The maximum absolute atomic E-state index is 11.8. The van der Waals surface area contributed by atoms with Crippen molar-refractivity contribution in [2.45, 2.75) is 6.92 Å². The van der Waals surface area contributed by atoms with Crippen molar-refractivity contribution in [3.8, 4) is 11.8 Å². The number of thioether (sulfide) groups is 1. The first-order chi connectivity index (χ1) is 9.50. The summed E-state index contributed by atoms with van der Waals surface area (Å²) in [6.07, 6.45) is 0. The Kier molecular flexibility index (Phi) is 6.33. The third-order valence-corrected chi connectivity index (χ3v) is 2.84. The molecular weight excluding hydrogens is 278 g/mol. The molecule has 6 heteroatoms. The molecule has 0 spiro atoms. The van der Waals surface area contributed by atoms with Gasteiger partial charge in [-0.15, -0.1) is 0 Å². The molecule has 1 aromatic carbocycles. The molecule has 1 aromatic rings. The summed E-state index contributed by atoms with van der Waals surface area (Å²) in [5, 5.41) is 10.8. The Balaban J connectivity index is 2.79. The van der Waals surface area contributed by atoms with E-state index in [-0.39, 0.29) is 5.12 Å². The molecule has 0 aromatic heterocycles. The fraction of sp³-hybridized carbons (Fsp3) is 0.214. The topological polar surface area (TPSA) is 83.5 Å². The van der Waals surface area contributed by atoms with Gasteiger partial charge in [-0.05, 0) is 12.1 Å². The molecule has 0 aliphatic rings. The largest absolute Gasteiger partial charge is 0.480 e. The molecule has 0 heterocycles. The number of rotatable bonds is 4. The van der Waals surface area contributed by atoms with E-state index in [4.69, 9.17) is 5.11 Å². The van der Waals surface area contributed by atoms with Crippen LogP contribution in [0.4, 0.5) is 0 Å². The Bertz CT molecular complexity index is 586. The van der Waals surface area contributed by atoms with Crippen LogP contribution in [0.1, 0.15) is 22.8 Å². The fourth-order valence-corrected chi connectivity index (χ4v) is 1.66. The van der Waals surface area contributed by atoms with E-state index in [1.165, 1.54) is 6.92 Å². The minimum Gasteiger partial charge on any atom is -0.480 e. The van der Waals surface area contributed by atoms with Crippen molar-refractivity contribution in [3.05, 3.63) is 35.4 Å². The highest BCUT2D eigenvalue weighted by atomic mass is 32.2. The number of amides is 1. The molecule has 0 aliphatic carbocycles. The first kappa shape index (κ1) is 15.8. The van der Waals surface area contributed by atoms with Gasteiger partial charge in [0.05, 0.1) is 11.3 Å². The van der Waals surface area contributed by atoms with Crippen LogP contribution in [0, 0.1) is 11.8 Å². The molecule has 1 amide bonds. The maximum Gasteiger partial charge on any atom is 0.322 e. The number of carboxylic acids is 1. The summed E-state index contributed by atoms with van der Waals surface area (Å²) in [6.45, 7) is 1.01. The Morgan fingerprint density at radius 3 is 2.65 bits per heavy atom. The van der Waals surface area contributed by atoms with Crippen LogP contribution in [-0.4, -0.2) is 34.4 Å². The number of carbonyl (C=O) groups excluding carboxylic acids is 2. The SMILES string of the molecule is CC(=O)SCC#Cc1ccccc1C(=O)NCC(=O)O. The highest BCUT2D eigenvalue weighted by Gasteiger charge is 2.10. The van der Waals surface area contributed by atoms with E-state index in [0.717, 1.165) is 11.8 Å². The Morgan fingerprint density at radius 2 is 2.00 bits per heavy atom. The van der Waals surface area contributed by atoms with Gasteiger partial charge in [0, 0.05) is 12.5 Å². The molecule has 0 saturated carbocycles. The molecule has 0 unspecified atom stereocenters. The van der Waals surface area contributed by atoms with Gasteiger partial charge >= 0.3 is 5.97 Å². The lowest BCUT2D eigenvalue weighted by atomic mass is 10.1. The zero-order valence-electron chi connectivity index (χ0n) is 10.8. The molecule has 5 nitrogen and oxygen atoms in total. The average Bonchev–Trinajstić information content (AvgIpc) is 2.41. The summed E-state index contributed by atoms with van der Waals surface area (Å²) in [4.78, 5) is 33.0. The lowest BCUT2D eigenvalue weighted by Gasteiger charge is -2.04. The van der Waals surface area contributed by atoms with E-state index in [1.807, 2.05) is 0 Å². The molecule has 0 bridgehead atoms. The third-order valence-electron chi connectivity index (χ3n) is 2.14. The average molecular weight is 291 g/mol. The van der Waals surface area contributed by atoms with Gasteiger partial charge in [-0.3, -0.25) is 14.4 Å². The van der Waals surface area contributed by atoms with Gasteiger partial charge in [0.2, 0.25) is 0 Å². The molecule has 0 fully saturated rings. The monoisotopic (exact) mass is 291 g/mol. The summed E-state index contributed by atoms with van der Waals surface area (Å²) >= 11 is 1.09. The third kappa shape index (κ3) is 5.59. The molecule has 20 heavy (non-hydrogen) atoms. The number of nitrogens with one attached hydrogen (secondary N) is 1. The zero-order valence-corrected chi connectivity index (χ0v) is 11.6. The van der Waals surface area contributed by atoms with Crippen LogP contribution in [0.3, 0.4) is 0 Å². The molecule has 0 aliphatic heterocycles. The maximum atomic E-state index is 11.8. The first-order valence-electron chi connectivity index (χ1n) is 5.72. The molecular formula is C14H13NO4S. The zero-order chi connectivity index (χ0) is 15.0. The number of hydrogen-bond donors (Lipinski definition) is 2. The van der Waals surface area contributed by atoms with E-state index < -0.39 is 18.4 Å². The van der Waals surface area contributed by atoms with E-state index in [1.54, 1.807) is 24.3 Å². The first-order valence-corrected chi connectivity index (χ1v) is 6.70. The molecule has 0 radical (unpaired) electrons. The van der Waals surface area contributed by atoms with Gasteiger partial charge < -0.3 is 10.4 Å². The lowest BCUT2D eigenvalue weighted by Crippen LogP contribution is -2.29. The number of aliphatic carboxylic acids is 1. The van der Waals surface area contributed by atoms with Crippen molar-refractivity contribution >= 4 is 28.8 Å². The van der Waals surface area contributed by atoms with Crippen molar-refractivity contribution in [1.29, 1.82) is 0 Å². The molecule has 104 valence electrons. The number of carboxylic acid groups (broad SMARTS) is 1. The van der Waals surface area contributed by atoms with E-state index in [2.05, 4.69) is 17.2 Å². The highest BCUT2D eigenvalue weighted by molar-refractivity contribution is 8.13. The highest BCUT2D eigenvalue weighted by Crippen LogP contribution is 2.07. The summed E-state index contributed by atoms with van der Waals surface area (Å²) < 4.78 is 0. The second kappa shape index (κ2) is 8.02. The van der Waals surface area contributed by atoms with Crippen molar-refractivity contribution in [2.24, 2.45) is 0 Å². The number of benzene rings is 1. The summed E-state index contributed by atoms with van der Waals surface area (Å²) in [7, 11) is 0. The molecule has 1 rings (SSSR count). The summed E-state index contributed by atoms with van der Waals surface area (Å²) in [5.41, 5.74) is 0.814. The van der Waals surface area contributed by atoms with Gasteiger partial charge in [-0.25, -0.2) is 0 Å². The van der Waals surface area contributed by atoms with Crippen LogP contribution in [0.25, 0.3) is 0 Å². The fourth-order valence-electron chi connectivity index (χ4n) is 1.31. The van der Waals surface area contributed by atoms with Crippen molar-refractivity contribution in [1.82, 2.24) is 5.32 Å². The Morgan fingerprint density at radius 1 is 1.30 bits per heavy atom. The second-order valence-corrected chi connectivity index (χ2v) is 4.86. The summed E-state index contributed by atoms with van der Waals surface area (Å²) in [5.74, 6) is 4.34. The molecule has 0 saturated heterocycles. The second-order valence-electron chi connectivity index (χ2n) is 3.70. The number of hydrogen-bond acceptors (Lipinski definition) is 4. The van der Waals surface area contributed by atoms with Gasteiger partial charge in [0.1, 0.15) is 6.54 Å². The van der Waals surface area contributed by atoms with Gasteiger partial charge in [0.15, 0.2) is 5.12 Å². The molecule has 0 atom stereocenters. The van der Waals surface area contributed by atoms with Crippen LogP contribution >= 0.6 is 11.8 Å². The van der Waals surface area contributed by atoms with Crippen LogP contribution in [0.15, 0.2) is 24.3 Å². The van der Waals surface area contributed by atoms with E-state index in [0.29, 0.717) is 16.9 Å². The Hall–Kier alpha value is -2.26. The predicted octanol–water partition coefficient (Wildman–Crippen LogP) is 1.13. The van der Waals surface area contributed by atoms with Gasteiger partial charge in [0.25, 0.3) is 5.91 Å². The summed E-state index contributed by atoms with van der Waals surface area (Å²) in [6, 6.07) is 6.64. The van der Waals surface area contributed by atoms with Crippen LogP contribution in [0.5, 0.6) is 0 Å². The minimum absolute atomic E-state index is 0.0215. The van der Waals surface area contributed by atoms with Gasteiger partial charge in [-0.1, -0.05) is 35.7 Å². The van der Waals surface area contributed by atoms with Crippen molar-refractivity contribution < 1.29 is 19.5 Å². The van der Waals surface area contributed by atoms with Crippen LogP contribution < -0.4 is 5.32 Å². The smallest absolute Gasteiger partial charge is 0.322 e. The minimum atomic E-state index is -1.11. The standard InChI is InChI=1S/C14H13NO4S/c1-10(16)20-8-4-6-11-5-2-3-7-12(11)14(19)15-9-13(17)18/h2-3,5,7H,8-9H2,1H3,(H,15,19)(H,17,18). The van der Waals surface area contributed by atoms with Crippen molar-refractivity contribution in [2.75, 3.05) is 12.3 Å². The van der Waals surface area contributed by atoms with Crippen molar-refractivity contribution in [3.63, 3.8) is 0 Å². The Labute approximate surface area is 120 Å². The van der Waals surface area contributed by atoms with Crippen LogP contribution in [-0.2, 0) is 9.59 Å². The van der Waals surface area contributed by atoms with Crippen LogP contribution in [0.2, 0.25) is 0 Å². The quantitative estimate of drug-likeness (QED) is 0.813. The van der Waals surface area contributed by atoms with E-state index in [9.17, 15) is 14.4 Å². The number of carbonyl (C=O) groups is 3. The predicted molar refractivity (Wildman–Crippen MR) is 76.4 cm³/mol.